The zero-order chi connectivity index (χ0) is 15.4. The third kappa shape index (κ3) is 3.47. The minimum atomic E-state index is 0.377. The molecule has 4 nitrogen and oxygen atoms in total. The first-order valence-electron chi connectivity index (χ1n) is 8.08. The van der Waals surface area contributed by atoms with Crippen molar-refractivity contribution >= 4 is 10.8 Å². The van der Waals surface area contributed by atoms with Crippen LogP contribution in [0.3, 0.4) is 0 Å². The predicted molar refractivity (Wildman–Crippen MR) is 92.7 cm³/mol. The number of hydrazine groups is 1. The molecule has 1 heterocycles. The Labute approximate surface area is 132 Å². The van der Waals surface area contributed by atoms with Gasteiger partial charge in [-0.3, -0.25) is 5.43 Å². The van der Waals surface area contributed by atoms with Crippen molar-refractivity contribution in [3.8, 4) is 0 Å². The summed E-state index contributed by atoms with van der Waals surface area (Å²) >= 11 is 0. The Morgan fingerprint density at radius 3 is 2.82 bits per heavy atom. The standard InChI is InChI=1S/C18H26N4/c1-19-9-10-22(2)13-17-12-20-21-18(17)16-8-7-14-5-3-4-6-15(14)11-16/h3-8,11,17-21H,9-10,12-13H2,1-2H3. The van der Waals surface area contributed by atoms with E-state index in [0.717, 1.165) is 26.2 Å². The Morgan fingerprint density at radius 2 is 2.00 bits per heavy atom. The molecule has 4 heteroatoms. The van der Waals surface area contributed by atoms with Gasteiger partial charge < -0.3 is 10.2 Å². The normalized spacial score (nSPS) is 21.8. The van der Waals surface area contributed by atoms with E-state index >= 15 is 0 Å². The minimum Gasteiger partial charge on any atom is -0.318 e. The number of hydrogen-bond acceptors (Lipinski definition) is 4. The number of likely N-dealkylation sites (N-methyl/N-ethyl adjacent to an activating group) is 2. The molecule has 2 unspecified atom stereocenters. The summed E-state index contributed by atoms with van der Waals surface area (Å²) in [6.07, 6.45) is 0. The molecule has 0 amide bonds. The molecule has 0 aromatic heterocycles. The lowest BCUT2D eigenvalue weighted by Gasteiger charge is -2.25. The van der Waals surface area contributed by atoms with E-state index in [1.165, 1.54) is 16.3 Å². The molecule has 0 bridgehead atoms. The number of benzene rings is 2. The second-order valence-corrected chi connectivity index (χ2v) is 6.24. The van der Waals surface area contributed by atoms with Gasteiger partial charge >= 0.3 is 0 Å². The molecule has 0 saturated carbocycles. The molecule has 0 spiro atoms. The lowest BCUT2D eigenvalue weighted by Crippen LogP contribution is -2.34. The molecule has 1 aliphatic rings. The maximum absolute atomic E-state index is 3.46. The molecule has 1 fully saturated rings. The Balaban J connectivity index is 1.73. The Bertz CT molecular complexity index is 613. The van der Waals surface area contributed by atoms with Crippen LogP contribution in [0.1, 0.15) is 11.6 Å². The van der Waals surface area contributed by atoms with Crippen LogP contribution < -0.4 is 16.2 Å². The molecular weight excluding hydrogens is 272 g/mol. The van der Waals surface area contributed by atoms with Crippen LogP contribution >= 0.6 is 0 Å². The van der Waals surface area contributed by atoms with E-state index in [2.05, 4.69) is 70.6 Å². The van der Waals surface area contributed by atoms with Crippen molar-refractivity contribution < 1.29 is 0 Å². The molecule has 0 aliphatic carbocycles. The quantitative estimate of drug-likeness (QED) is 0.760. The van der Waals surface area contributed by atoms with Gasteiger partial charge in [0.25, 0.3) is 0 Å². The highest BCUT2D eigenvalue weighted by Gasteiger charge is 2.29. The zero-order valence-electron chi connectivity index (χ0n) is 13.5. The van der Waals surface area contributed by atoms with Gasteiger partial charge in [0.15, 0.2) is 0 Å². The van der Waals surface area contributed by atoms with Crippen LogP contribution in [0.4, 0.5) is 0 Å². The van der Waals surface area contributed by atoms with Crippen molar-refractivity contribution in [2.45, 2.75) is 6.04 Å². The van der Waals surface area contributed by atoms with Gasteiger partial charge in [-0.25, -0.2) is 5.43 Å². The monoisotopic (exact) mass is 298 g/mol. The van der Waals surface area contributed by atoms with Gasteiger partial charge in [-0.05, 0) is 36.5 Å². The van der Waals surface area contributed by atoms with Crippen molar-refractivity contribution in [3.63, 3.8) is 0 Å². The van der Waals surface area contributed by atoms with Crippen LogP contribution in [0.2, 0.25) is 0 Å². The van der Waals surface area contributed by atoms with Crippen molar-refractivity contribution in [1.82, 2.24) is 21.1 Å². The van der Waals surface area contributed by atoms with E-state index in [1.807, 2.05) is 7.05 Å². The highest BCUT2D eigenvalue weighted by Crippen LogP contribution is 2.28. The maximum Gasteiger partial charge on any atom is 0.0515 e. The van der Waals surface area contributed by atoms with Gasteiger partial charge in [-0.1, -0.05) is 36.4 Å². The number of hydrogen-bond donors (Lipinski definition) is 3. The van der Waals surface area contributed by atoms with Crippen molar-refractivity contribution in [2.75, 3.05) is 40.3 Å². The second-order valence-electron chi connectivity index (χ2n) is 6.24. The van der Waals surface area contributed by atoms with Crippen molar-refractivity contribution in [1.29, 1.82) is 0 Å². The van der Waals surface area contributed by atoms with Crippen LogP contribution in [0.5, 0.6) is 0 Å². The fourth-order valence-electron chi connectivity index (χ4n) is 3.26. The first-order valence-corrected chi connectivity index (χ1v) is 8.08. The second kappa shape index (κ2) is 7.20. The molecule has 3 rings (SSSR count). The molecule has 3 N–H and O–H groups in total. The molecule has 1 saturated heterocycles. The van der Waals surface area contributed by atoms with Crippen LogP contribution in [-0.2, 0) is 0 Å². The lowest BCUT2D eigenvalue weighted by molar-refractivity contribution is 0.270. The summed E-state index contributed by atoms with van der Waals surface area (Å²) in [6.45, 7) is 4.22. The fourth-order valence-corrected chi connectivity index (χ4v) is 3.26. The van der Waals surface area contributed by atoms with E-state index in [1.54, 1.807) is 0 Å². The average Bonchev–Trinajstić information content (AvgIpc) is 3.00. The summed E-state index contributed by atoms with van der Waals surface area (Å²) in [7, 11) is 4.21. The highest BCUT2D eigenvalue weighted by molar-refractivity contribution is 5.83. The lowest BCUT2D eigenvalue weighted by atomic mass is 9.93. The smallest absolute Gasteiger partial charge is 0.0515 e. The molecule has 2 aromatic carbocycles. The van der Waals surface area contributed by atoms with Crippen LogP contribution in [0.25, 0.3) is 10.8 Å². The molecule has 0 radical (unpaired) electrons. The van der Waals surface area contributed by atoms with E-state index < -0.39 is 0 Å². The number of fused-ring (bicyclic) bond motifs is 1. The van der Waals surface area contributed by atoms with Crippen molar-refractivity contribution in [3.05, 3.63) is 48.0 Å². The third-order valence-corrected chi connectivity index (χ3v) is 4.52. The average molecular weight is 298 g/mol. The van der Waals surface area contributed by atoms with Gasteiger partial charge in [-0.2, -0.15) is 0 Å². The van der Waals surface area contributed by atoms with Gasteiger partial charge in [-0.15, -0.1) is 0 Å². The van der Waals surface area contributed by atoms with Crippen LogP contribution in [-0.4, -0.2) is 45.2 Å². The summed E-state index contributed by atoms with van der Waals surface area (Å²) in [4.78, 5) is 2.41. The molecule has 22 heavy (non-hydrogen) atoms. The van der Waals surface area contributed by atoms with Crippen LogP contribution in [0.15, 0.2) is 42.5 Å². The van der Waals surface area contributed by atoms with E-state index in [0.29, 0.717) is 12.0 Å². The summed E-state index contributed by atoms with van der Waals surface area (Å²) in [5.41, 5.74) is 8.17. The van der Waals surface area contributed by atoms with Gasteiger partial charge in [0.2, 0.25) is 0 Å². The van der Waals surface area contributed by atoms with Gasteiger partial charge in [0.1, 0.15) is 0 Å². The maximum atomic E-state index is 3.46. The summed E-state index contributed by atoms with van der Waals surface area (Å²) in [6, 6.07) is 15.7. The van der Waals surface area contributed by atoms with Gasteiger partial charge in [0.05, 0.1) is 6.04 Å². The fraction of sp³-hybridized carbons (Fsp3) is 0.444. The largest absolute Gasteiger partial charge is 0.318 e. The number of nitrogens with zero attached hydrogens (tertiary/aromatic N) is 1. The SMILES string of the molecule is CNCCN(C)CC1CNNC1c1ccc2ccccc2c1. The Kier molecular flexibility index (Phi) is 5.05. The Morgan fingerprint density at radius 1 is 1.18 bits per heavy atom. The van der Waals surface area contributed by atoms with Gasteiger partial charge in [0, 0.05) is 32.1 Å². The zero-order valence-corrected chi connectivity index (χ0v) is 13.5. The molecule has 118 valence electrons. The summed E-state index contributed by atoms with van der Waals surface area (Å²) in [5.74, 6) is 0.586. The van der Waals surface area contributed by atoms with E-state index in [-0.39, 0.29) is 0 Å². The third-order valence-electron chi connectivity index (χ3n) is 4.52. The van der Waals surface area contributed by atoms with E-state index in [4.69, 9.17) is 0 Å². The first kappa shape index (κ1) is 15.4. The minimum absolute atomic E-state index is 0.377. The molecule has 1 aliphatic heterocycles. The van der Waals surface area contributed by atoms with E-state index in [9.17, 15) is 0 Å². The molecule has 2 aromatic rings. The summed E-state index contributed by atoms with van der Waals surface area (Å²) < 4.78 is 0. The first-order chi connectivity index (χ1) is 10.8. The molecule has 2 atom stereocenters. The molecular formula is C18H26N4. The highest BCUT2D eigenvalue weighted by atomic mass is 15.4. The van der Waals surface area contributed by atoms with Crippen LogP contribution in [0, 0.1) is 5.92 Å². The number of nitrogens with one attached hydrogen (secondary N) is 3. The number of rotatable bonds is 6. The Hall–Kier alpha value is -1.46. The van der Waals surface area contributed by atoms with Crippen molar-refractivity contribution in [2.24, 2.45) is 5.92 Å². The summed E-state index contributed by atoms with van der Waals surface area (Å²) in [5, 5.41) is 5.83. The predicted octanol–water partition coefficient (Wildman–Crippen LogP) is 1.76. The topological polar surface area (TPSA) is 39.3 Å².